The first-order valence-electron chi connectivity index (χ1n) is 11.3. The van der Waals surface area contributed by atoms with Crippen LogP contribution in [0, 0.1) is 6.92 Å². The van der Waals surface area contributed by atoms with Gasteiger partial charge < -0.3 is 25.6 Å². The predicted molar refractivity (Wildman–Crippen MR) is 129 cm³/mol. The molecule has 2 aliphatic rings. The predicted octanol–water partition coefficient (Wildman–Crippen LogP) is 0.870. The van der Waals surface area contributed by atoms with Crippen LogP contribution in [-0.2, 0) is 20.8 Å². The van der Waals surface area contributed by atoms with Crippen LogP contribution >= 0.6 is 11.3 Å². The van der Waals surface area contributed by atoms with Crippen molar-refractivity contribution >= 4 is 47.2 Å². The Bertz CT molecular complexity index is 1200. The van der Waals surface area contributed by atoms with Crippen LogP contribution in [0.25, 0.3) is 0 Å². The van der Waals surface area contributed by atoms with E-state index in [4.69, 9.17) is 10.4 Å². The van der Waals surface area contributed by atoms with Crippen LogP contribution in [0.2, 0.25) is 5.82 Å². The van der Waals surface area contributed by atoms with Gasteiger partial charge in [0.2, 0.25) is 0 Å². The van der Waals surface area contributed by atoms with Gasteiger partial charge in [0, 0.05) is 37.3 Å². The number of benzene rings is 1. The largest absolute Gasteiger partial charge is 0.536 e. The molecule has 2 aromatic rings. The second-order valence-corrected chi connectivity index (χ2v) is 9.53. The number of nitrogens with two attached hydrogens (primary N) is 1. The van der Waals surface area contributed by atoms with E-state index in [9.17, 15) is 28.6 Å². The van der Waals surface area contributed by atoms with Gasteiger partial charge in [0.1, 0.15) is 18.5 Å². The van der Waals surface area contributed by atoms with Gasteiger partial charge in [-0.1, -0.05) is 18.2 Å². The number of ketones is 1. The highest BCUT2D eigenvalue weighted by Gasteiger charge is 2.41. The average Bonchev–Trinajstić information content (AvgIpc) is 3.27. The minimum atomic E-state index is -1.27. The summed E-state index contributed by atoms with van der Waals surface area (Å²) in [6, 6.07) is 3.35. The number of urea groups is 1. The van der Waals surface area contributed by atoms with Gasteiger partial charge in [0.25, 0.3) is 0 Å². The number of hydrogen-bond acceptors (Lipinski definition) is 9. The third-order valence-electron chi connectivity index (χ3n) is 6.21. The lowest BCUT2D eigenvalue weighted by molar-refractivity contribution is -0.153. The monoisotopic (exact) mass is 517 g/mol. The van der Waals surface area contributed by atoms with E-state index < -0.39 is 49.3 Å². The fourth-order valence-electron chi connectivity index (χ4n) is 4.33. The van der Waals surface area contributed by atoms with Crippen molar-refractivity contribution in [3.05, 3.63) is 40.4 Å². The summed E-state index contributed by atoms with van der Waals surface area (Å²) in [6.45, 7) is 0.636. The van der Waals surface area contributed by atoms with Crippen molar-refractivity contribution in [2.75, 3.05) is 32.0 Å². The van der Waals surface area contributed by atoms with E-state index in [-0.39, 0.29) is 36.9 Å². The minimum absolute atomic E-state index is 0.0192. The first kappa shape index (κ1) is 25.6. The van der Waals surface area contributed by atoms with Crippen molar-refractivity contribution in [2.45, 2.75) is 31.6 Å². The maximum absolute atomic E-state index is 13.4. The number of carbonyl (C=O) groups is 4. The number of Topliss-reactive ketones (excluding diaryl/α,β-unsaturated/α-hetero) is 1. The van der Waals surface area contributed by atoms with Crippen LogP contribution in [0.3, 0.4) is 0 Å². The van der Waals surface area contributed by atoms with E-state index in [0.717, 1.165) is 27.4 Å². The van der Waals surface area contributed by atoms with Gasteiger partial charge in [-0.3, -0.25) is 19.3 Å². The van der Waals surface area contributed by atoms with Gasteiger partial charge in [-0.15, -0.1) is 11.3 Å². The van der Waals surface area contributed by atoms with E-state index in [1.165, 1.54) is 5.38 Å². The molecule has 3 heterocycles. The first-order valence-corrected chi connectivity index (χ1v) is 12.2. The summed E-state index contributed by atoms with van der Waals surface area (Å²) in [5.74, 6) is -2.59. The van der Waals surface area contributed by atoms with E-state index in [2.05, 4.69) is 10.3 Å². The number of para-hydroxylation sites is 1. The summed E-state index contributed by atoms with van der Waals surface area (Å²) in [5.41, 5.74) is 7.62. The lowest BCUT2D eigenvalue weighted by Gasteiger charge is -2.33. The standard InChI is InChI=1S/C22H25BFN5O6S/c1-12-3-2-4-13-9-14(23(34)35-18(12)13)10-16(30)17(15-11-36-21(25)26-15)27-22(33)29-8-7-28(6-5-24)19(31)20(29)32/h2-4,11,14,17,34H,5-10H2,1H3,(H2,25,26)(H,27,33)/t14-,17?/m1/s1. The van der Waals surface area contributed by atoms with Crippen molar-refractivity contribution in [1.29, 1.82) is 0 Å². The molecule has 14 heteroatoms. The second kappa shape index (κ2) is 10.6. The molecule has 4 N–H and O–H groups in total. The minimum Gasteiger partial charge on any atom is -0.536 e. The van der Waals surface area contributed by atoms with E-state index in [1.54, 1.807) is 0 Å². The number of alkyl halides is 1. The number of halogens is 1. The lowest BCUT2D eigenvalue weighted by atomic mass is 9.64. The molecule has 2 atom stereocenters. The van der Waals surface area contributed by atoms with Crippen molar-refractivity contribution in [1.82, 2.24) is 20.1 Å². The zero-order valence-corrected chi connectivity index (χ0v) is 20.3. The molecule has 4 rings (SSSR count). The Morgan fingerprint density at radius 3 is 2.83 bits per heavy atom. The molecule has 2 aliphatic heterocycles. The van der Waals surface area contributed by atoms with Crippen molar-refractivity contribution < 1.29 is 33.2 Å². The molecule has 0 saturated carbocycles. The van der Waals surface area contributed by atoms with Crippen LogP contribution in [0.5, 0.6) is 5.75 Å². The quantitative estimate of drug-likeness (QED) is 0.361. The first-order chi connectivity index (χ1) is 17.2. The number of amides is 4. The molecule has 0 bridgehead atoms. The summed E-state index contributed by atoms with van der Waals surface area (Å²) in [7, 11) is -1.23. The summed E-state index contributed by atoms with van der Waals surface area (Å²) in [5, 5.41) is 14.7. The highest BCUT2D eigenvalue weighted by Crippen LogP contribution is 2.37. The third kappa shape index (κ3) is 5.19. The SMILES string of the molecule is Cc1cccc2c1OB(O)[C@@H](CC(=O)C(NC(=O)N1CCN(CCF)C(=O)C1=O)c1csc(N)n1)C2. The Hall–Kier alpha value is -3.52. The number of rotatable bonds is 7. The summed E-state index contributed by atoms with van der Waals surface area (Å²) >= 11 is 1.07. The van der Waals surface area contributed by atoms with Crippen molar-refractivity contribution in [2.24, 2.45) is 0 Å². The fraction of sp³-hybridized carbons (Fsp3) is 0.409. The third-order valence-corrected chi connectivity index (χ3v) is 6.91. The lowest BCUT2D eigenvalue weighted by Crippen LogP contribution is -2.59. The number of aryl methyl sites for hydroxylation is 1. The van der Waals surface area contributed by atoms with Crippen LogP contribution in [0.1, 0.15) is 29.3 Å². The van der Waals surface area contributed by atoms with Crippen LogP contribution < -0.4 is 15.7 Å². The fourth-order valence-corrected chi connectivity index (χ4v) is 4.92. The molecule has 1 fully saturated rings. The second-order valence-electron chi connectivity index (χ2n) is 8.64. The molecule has 0 spiro atoms. The molecule has 4 amide bonds. The van der Waals surface area contributed by atoms with Crippen LogP contribution in [-0.4, -0.2) is 76.9 Å². The number of imide groups is 1. The molecule has 36 heavy (non-hydrogen) atoms. The molecule has 0 aliphatic carbocycles. The molecule has 1 aromatic carbocycles. The Morgan fingerprint density at radius 1 is 1.36 bits per heavy atom. The topological polar surface area (TPSA) is 155 Å². The number of nitrogens with zero attached hydrogens (tertiary/aromatic N) is 3. The van der Waals surface area contributed by atoms with E-state index >= 15 is 0 Å². The number of carbonyl (C=O) groups excluding carboxylic acids is 4. The number of anilines is 1. The Labute approximate surface area is 210 Å². The molecular weight excluding hydrogens is 492 g/mol. The maximum atomic E-state index is 13.4. The molecule has 190 valence electrons. The molecular formula is C22H25BFN5O6S. The number of fused-ring (bicyclic) bond motifs is 1. The molecule has 1 unspecified atom stereocenters. The van der Waals surface area contributed by atoms with Gasteiger partial charge >= 0.3 is 25.0 Å². The number of hydrogen-bond donors (Lipinski definition) is 3. The number of aromatic nitrogens is 1. The van der Waals surface area contributed by atoms with Gasteiger partial charge in [-0.2, -0.15) is 0 Å². The smallest absolute Gasteiger partial charge is 0.526 e. The normalized spacial score (nSPS) is 18.5. The zero-order chi connectivity index (χ0) is 26.0. The van der Waals surface area contributed by atoms with Crippen LogP contribution in [0.4, 0.5) is 14.3 Å². The van der Waals surface area contributed by atoms with E-state index in [1.807, 2.05) is 25.1 Å². The summed E-state index contributed by atoms with van der Waals surface area (Å²) in [4.78, 5) is 56.8. The van der Waals surface area contributed by atoms with Gasteiger partial charge in [-0.05, 0) is 24.5 Å². The molecule has 1 saturated heterocycles. The van der Waals surface area contributed by atoms with Gasteiger partial charge in [0.15, 0.2) is 10.9 Å². The Balaban J connectivity index is 1.50. The highest BCUT2D eigenvalue weighted by molar-refractivity contribution is 7.13. The average molecular weight is 517 g/mol. The molecule has 1 aromatic heterocycles. The Kier molecular flexibility index (Phi) is 7.55. The number of piperazine rings is 1. The highest BCUT2D eigenvalue weighted by atomic mass is 32.1. The summed E-state index contributed by atoms with van der Waals surface area (Å²) in [6.07, 6.45) is 0.224. The van der Waals surface area contributed by atoms with Gasteiger partial charge in [0.05, 0.1) is 5.69 Å². The Morgan fingerprint density at radius 2 is 2.14 bits per heavy atom. The number of nitrogen functional groups attached to an aromatic ring is 1. The zero-order valence-electron chi connectivity index (χ0n) is 19.5. The number of thiazole rings is 1. The van der Waals surface area contributed by atoms with Crippen LogP contribution in [0.15, 0.2) is 23.6 Å². The maximum Gasteiger partial charge on any atom is 0.526 e. The molecule has 0 radical (unpaired) electrons. The molecule has 11 nitrogen and oxygen atoms in total. The van der Waals surface area contributed by atoms with Gasteiger partial charge in [-0.25, -0.2) is 14.2 Å². The number of nitrogens with one attached hydrogen (secondary N) is 1. The summed E-state index contributed by atoms with van der Waals surface area (Å²) < 4.78 is 18.3. The van der Waals surface area contributed by atoms with E-state index in [0.29, 0.717) is 17.1 Å². The van der Waals surface area contributed by atoms with Crippen molar-refractivity contribution in [3.8, 4) is 5.75 Å². The van der Waals surface area contributed by atoms with Crippen molar-refractivity contribution in [3.63, 3.8) is 0 Å².